The van der Waals surface area contributed by atoms with Gasteiger partial charge in [0.2, 0.25) is 6.41 Å². The van der Waals surface area contributed by atoms with Crippen LogP contribution in [0.3, 0.4) is 0 Å². The first kappa shape index (κ1) is 24.3. The minimum Gasteiger partial charge on any atom is -0.405 e. The van der Waals surface area contributed by atoms with Crippen LogP contribution in [0, 0.1) is 13.8 Å². The van der Waals surface area contributed by atoms with Crippen molar-refractivity contribution in [2.45, 2.75) is 27.1 Å². The molecule has 3 aromatic rings. The van der Waals surface area contributed by atoms with Gasteiger partial charge in [-0.3, -0.25) is 4.79 Å². The Hall–Kier alpha value is -4.02. The molecular formula is C21H23F3N6O2. The van der Waals surface area contributed by atoms with Gasteiger partial charge in [-0.2, -0.15) is 5.10 Å². The second-order valence-corrected chi connectivity index (χ2v) is 6.61. The first-order valence-electron chi connectivity index (χ1n) is 9.29. The molecule has 5 N–H and O–H groups in total. The van der Waals surface area contributed by atoms with Gasteiger partial charge in [0.05, 0.1) is 17.1 Å². The first-order valence-corrected chi connectivity index (χ1v) is 9.29. The van der Waals surface area contributed by atoms with E-state index in [4.69, 9.17) is 11.5 Å². The van der Waals surface area contributed by atoms with Crippen LogP contribution in [-0.2, 0) is 4.79 Å². The molecule has 0 saturated heterocycles. The fraction of sp³-hybridized carbons (Fsp3) is 0.190. The maximum absolute atomic E-state index is 12.5. The van der Waals surface area contributed by atoms with Crippen LogP contribution in [0.1, 0.15) is 18.3 Å². The van der Waals surface area contributed by atoms with Gasteiger partial charge in [-0.05, 0) is 57.2 Å². The van der Waals surface area contributed by atoms with Crippen LogP contribution in [0.25, 0.3) is 16.9 Å². The Balaban J connectivity index is 0.000000309. The van der Waals surface area contributed by atoms with Crippen molar-refractivity contribution in [3.05, 3.63) is 71.5 Å². The highest BCUT2D eigenvalue weighted by molar-refractivity contribution is 5.67. The first-order chi connectivity index (χ1) is 15.0. The van der Waals surface area contributed by atoms with E-state index >= 15 is 0 Å². The summed E-state index contributed by atoms with van der Waals surface area (Å²) in [5.41, 5.74) is 14.1. The molecule has 1 aromatic carbocycles. The lowest BCUT2D eigenvalue weighted by Crippen LogP contribution is -2.17. The van der Waals surface area contributed by atoms with Gasteiger partial charge in [0.15, 0.2) is 5.65 Å². The minimum atomic E-state index is -4.75. The topological polar surface area (TPSA) is 121 Å². The Morgan fingerprint density at radius 3 is 2.44 bits per heavy atom. The van der Waals surface area contributed by atoms with E-state index in [1.54, 1.807) is 35.7 Å². The number of alkyl halides is 3. The number of benzene rings is 1. The number of carbonyl (C=O) groups is 1. The number of ether oxygens (including phenoxy) is 1. The molecule has 170 valence electrons. The number of para-hydroxylation sites is 1. The van der Waals surface area contributed by atoms with E-state index in [0.29, 0.717) is 23.4 Å². The molecule has 0 fully saturated rings. The van der Waals surface area contributed by atoms with Gasteiger partial charge in [-0.1, -0.05) is 12.1 Å². The Bertz CT molecular complexity index is 1150. The third-order valence-electron chi connectivity index (χ3n) is 4.08. The van der Waals surface area contributed by atoms with E-state index in [-0.39, 0.29) is 17.1 Å². The number of carbonyl (C=O) groups excluding carboxylic acids is 1. The summed E-state index contributed by atoms with van der Waals surface area (Å²) in [5, 5.41) is 6.62. The summed E-state index contributed by atoms with van der Waals surface area (Å²) >= 11 is 0. The van der Waals surface area contributed by atoms with Crippen molar-refractivity contribution < 1.29 is 22.7 Å². The maximum atomic E-state index is 12.5. The molecule has 3 rings (SSSR count). The van der Waals surface area contributed by atoms with E-state index in [1.807, 2.05) is 13.8 Å². The summed E-state index contributed by atoms with van der Waals surface area (Å²) in [5.74, 6) is -0.00357. The molecule has 0 radical (unpaired) electrons. The van der Waals surface area contributed by atoms with E-state index in [2.05, 4.69) is 20.1 Å². The maximum Gasteiger partial charge on any atom is 0.573 e. The molecule has 0 unspecified atom stereocenters. The normalized spacial score (nSPS) is 12.2. The van der Waals surface area contributed by atoms with Gasteiger partial charge in [0.25, 0.3) is 0 Å². The SMILES string of the molecule is C/C(N)=C/C=C(\N)NC=O.Cc1nc2ccc(-c3ccccc3OC(F)(F)F)nn2c1C. The molecule has 0 bridgehead atoms. The van der Waals surface area contributed by atoms with E-state index in [0.717, 1.165) is 11.4 Å². The number of aromatic nitrogens is 3. The lowest BCUT2D eigenvalue weighted by molar-refractivity contribution is -0.274. The number of nitrogens with two attached hydrogens (primary N) is 2. The van der Waals surface area contributed by atoms with Crippen LogP contribution < -0.4 is 21.5 Å². The molecule has 1 amide bonds. The number of hydrogen-bond acceptors (Lipinski definition) is 6. The number of rotatable bonds is 5. The molecule has 0 saturated carbocycles. The predicted octanol–water partition coefficient (Wildman–Crippen LogP) is 3.31. The van der Waals surface area contributed by atoms with Gasteiger partial charge in [0.1, 0.15) is 11.6 Å². The molecule has 0 atom stereocenters. The summed E-state index contributed by atoms with van der Waals surface area (Å²) in [6.45, 7) is 5.43. The molecule has 11 heteroatoms. The summed E-state index contributed by atoms with van der Waals surface area (Å²) < 4.78 is 43.2. The van der Waals surface area contributed by atoms with Crippen LogP contribution >= 0.6 is 0 Å². The molecule has 0 aliphatic heterocycles. The fourth-order valence-corrected chi connectivity index (χ4v) is 2.53. The summed E-state index contributed by atoms with van der Waals surface area (Å²) in [7, 11) is 0. The molecule has 32 heavy (non-hydrogen) atoms. The van der Waals surface area contributed by atoms with E-state index < -0.39 is 6.36 Å². The van der Waals surface area contributed by atoms with Crippen molar-refractivity contribution in [1.82, 2.24) is 19.9 Å². The van der Waals surface area contributed by atoms with Crippen molar-refractivity contribution in [1.29, 1.82) is 0 Å². The monoisotopic (exact) mass is 448 g/mol. The van der Waals surface area contributed by atoms with Crippen molar-refractivity contribution in [2.75, 3.05) is 0 Å². The van der Waals surface area contributed by atoms with Crippen LogP contribution in [-0.4, -0.2) is 27.4 Å². The minimum absolute atomic E-state index is 0.271. The largest absolute Gasteiger partial charge is 0.573 e. The standard InChI is InChI=1S/C15H12F3N3O.C6H11N3O/c1-9-10(2)21-14(19-9)8-7-12(20-21)11-5-3-4-6-13(11)22-15(16,17)18;1-5(7)2-3-6(8)9-4-10/h3-8H,1-2H3;2-4H,7-8H2,1H3,(H,9,10)/b;5-2-,6-3+. The molecule has 0 spiro atoms. The number of amides is 1. The van der Waals surface area contributed by atoms with Crippen LogP contribution in [0.5, 0.6) is 5.75 Å². The average molecular weight is 448 g/mol. The number of nitrogens with zero attached hydrogens (tertiary/aromatic N) is 3. The molecule has 0 aliphatic carbocycles. The van der Waals surface area contributed by atoms with Crippen molar-refractivity contribution in [2.24, 2.45) is 11.5 Å². The molecule has 2 aromatic heterocycles. The number of fused-ring (bicyclic) bond motifs is 1. The lowest BCUT2D eigenvalue weighted by Gasteiger charge is -2.12. The molecule has 8 nitrogen and oxygen atoms in total. The van der Waals surface area contributed by atoms with Crippen LogP contribution in [0.4, 0.5) is 13.2 Å². The predicted molar refractivity (Wildman–Crippen MR) is 114 cm³/mol. The Kier molecular flexibility index (Phi) is 7.83. The van der Waals surface area contributed by atoms with Crippen molar-refractivity contribution >= 4 is 12.1 Å². The number of hydrogen-bond donors (Lipinski definition) is 3. The number of halogens is 3. The van der Waals surface area contributed by atoms with Gasteiger partial charge in [-0.25, -0.2) is 9.50 Å². The number of allylic oxidation sites excluding steroid dienone is 3. The smallest absolute Gasteiger partial charge is 0.405 e. The lowest BCUT2D eigenvalue weighted by atomic mass is 10.1. The van der Waals surface area contributed by atoms with Gasteiger partial charge >= 0.3 is 6.36 Å². The molecule has 0 aliphatic rings. The van der Waals surface area contributed by atoms with Crippen molar-refractivity contribution in [3.8, 4) is 17.0 Å². The highest BCUT2D eigenvalue weighted by Crippen LogP contribution is 2.32. The fourth-order valence-electron chi connectivity index (χ4n) is 2.53. The highest BCUT2D eigenvalue weighted by atomic mass is 19.4. The quantitative estimate of drug-likeness (QED) is 0.407. The molecule has 2 heterocycles. The van der Waals surface area contributed by atoms with Gasteiger partial charge < -0.3 is 21.5 Å². The van der Waals surface area contributed by atoms with E-state index in [1.165, 1.54) is 24.3 Å². The van der Waals surface area contributed by atoms with Gasteiger partial charge in [-0.15, -0.1) is 13.2 Å². The summed E-state index contributed by atoms with van der Waals surface area (Å²) in [6.07, 6.45) is -1.12. The Morgan fingerprint density at radius 1 is 1.12 bits per heavy atom. The second-order valence-electron chi connectivity index (χ2n) is 6.61. The van der Waals surface area contributed by atoms with Crippen LogP contribution in [0.15, 0.2) is 60.1 Å². The molecular weight excluding hydrogens is 425 g/mol. The highest BCUT2D eigenvalue weighted by Gasteiger charge is 2.32. The zero-order valence-corrected chi connectivity index (χ0v) is 17.6. The Labute approximate surface area is 182 Å². The Morgan fingerprint density at radius 2 is 1.81 bits per heavy atom. The zero-order valence-electron chi connectivity index (χ0n) is 17.6. The number of nitrogens with one attached hydrogen (secondary N) is 1. The van der Waals surface area contributed by atoms with Crippen LogP contribution in [0.2, 0.25) is 0 Å². The number of imidazole rings is 1. The summed E-state index contributed by atoms with van der Waals surface area (Å²) in [6, 6.07) is 9.26. The second kappa shape index (κ2) is 10.3. The zero-order chi connectivity index (χ0) is 23.9. The number of aryl methyl sites for hydroxylation is 2. The third-order valence-corrected chi connectivity index (χ3v) is 4.08. The summed E-state index contributed by atoms with van der Waals surface area (Å²) in [4.78, 5) is 14.1. The third kappa shape index (κ3) is 6.76. The van der Waals surface area contributed by atoms with Gasteiger partial charge in [0, 0.05) is 11.3 Å². The average Bonchev–Trinajstić information content (AvgIpc) is 3.00. The van der Waals surface area contributed by atoms with E-state index in [9.17, 15) is 18.0 Å². The van der Waals surface area contributed by atoms with Crippen molar-refractivity contribution in [3.63, 3.8) is 0 Å².